The highest BCUT2D eigenvalue weighted by Crippen LogP contribution is 2.53. The summed E-state index contributed by atoms with van der Waals surface area (Å²) in [4.78, 5) is 11.8. The average molecular weight is 293 g/mol. The summed E-state index contributed by atoms with van der Waals surface area (Å²) in [7, 11) is 0. The van der Waals surface area contributed by atoms with E-state index in [4.69, 9.17) is 34.8 Å². The standard InChI is InChI=1S/C12H12Cl3NO/c1-6-3-7(2)10(9(13)4-6)16-11(17)8-5-12(8,14)15/h3-4,8H,5H2,1-2H3,(H,16,17). The molecule has 0 aliphatic heterocycles. The SMILES string of the molecule is Cc1cc(C)c(NC(=O)C2CC2(Cl)Cl)c(Cl)c1. The first-order valence-electron chi connectivity index (χ1n) is 5.26. The zero-order valence-corrected chi connectivity index (χ0v) is 11.7. The second-order valence-electron chi connectivity index (χ2n) is 4.45. The van der Waals surface area contributed by atoms with E-state index in [-0.39, 0.29) is 11.8 Å². The lowest BCUT2D eigenvalue weighted by Crippen LogP contribution is -2.17. The maximum atomic E-state index is 11.8. The lowest BCUT2D eigenvalue weighted by Gasteiger charge is -2.11. The Morgan fingerprint density at radius 2 is 2.00 bits per heavy atom. The highest BCUT2D eigenvalue weighted by Gasteiger charge is 2.56. The molecule has 5 heteroatoms. The van der Waals surface area contributed by atoms with Gasteiger partial charge in [0.05, 0.1) is 16.6 Å². The summed E-state index contributed by atoms with van der Waals surface area (Å²) in [6.07, 6.45) is 0.491. The first-order chi connectivity index (χ1) is 7.81. The Balaban J connectivity index is 2.17. The number of halogens is 3. The van der Waals surface area contributed by atoms with Crippen molar-refractivity contribution in [3.8, 4) is 0 Å². The van der Waals surface area contributed by atoms with Gasteiger partial charge >= 0.3 is 0 Å². The Labute approximate surface area is 115 Å². The van der Waals surface area contributed by atoms with Crippen molar-refractivity contribution in [1.82, 2.24) is 0 Å². The molecule has 0 aromatic heterocycles. The molecule has 17 heavy (non-hydrogen) atoms. The van der Waals surface area contributed by atoms with E-state index in [0.717, 1.165) is 11.1 Å². The maximum Gasteiger partial charge on any atom is 0.230 e. The van der Waals surface area contributed by atoms with Crippen molar-refractivity contribution in [2.45, 2.75) is 24.6 Å². The minimum absolute atomic E-state index is 0.177. The number of carbonyl (C=O) groups is 1. The van der Waals surface area contributed by atoms with Gasteiger partial charge in [0.2, 0.25) is 5.91 Å². The first kappa shape index (κ1) is 13.0. The summed E-state index contributed by atoms with van der Waals surface area (Å²) in [5, 5.41) is 3.32. The van der Waals surface area contributed by atoms with Gasteiger partial charge in [-0.1, -0.05) is 17.7 Å². The van der Waals surface area contributed by atoms with Crippen molar-refractivity contribution in [2.24, 2.45) is 5.92 Å². The van der Waals surface area contributed by atoms with E-state index in [0.29, 0.717) is 17.1 Å². The summed E-state index contributed by atoms with van der Waals surface area (Å²) >= 11 is 17.8. The van der Waals surface area contributed by atoms with Crippen LogP contribution in [0.4, 0.5) is 5.69 Å². The summed E-state index contributed by atoms with van der Waals surface area (Å²) in [6.45, 7) is 3.85. The molecule has 1 aliphatic carbocycles. The summed E-state index contributed by atoms with van der Waals surface area (Å²) < 4.78 is -0.908. The van der Waals surface area contributed by atoms with Gasteiger partial charge in [0.15, 0.2) is 0 Å². The van der Waals surface area contributed by atoms with Gasteiger partial charge in [-0.3, -0.25) is 4.79 Å². The number of anilines is 1. The molecule has 1 atom stereocenters. The predicted octanol–water partition coefficient (Wildman–Crippen LogP) is 4.09. The van der Waals surface area contributed by atoms with E-state index in [2.05, 4.69) is 5.32 Å². The van der Waals surface area contributed by atoms with Gasteiger partial charge in [0, 0.05) is 0 Å². The fourth-order valence-corrected chi connectivity index (χ4v) is 2.66. The van der Waals surface area contributed by atoms with Gasteiger partial charge in [-0.15, -0.1) is 23.2 Å². The van der Waals surface area contributed by atoms with Crippen LogP contribution in [-0.2, 0) is 4.79 Å². The number of aryl methyl sites for hydroxylation is 2. The minimum Gasteiger partial charge on any atom is -0.324 e. The van der Waals surface area contributed by atoms with E-state index in [1.807, 2.05) is 26.0 Å². The number of alkyl halides is 2. The van der Waals surface area contributed by atoms with Crippen molar-refractivity contribution in [3.05, 3.63) is 28.3 Å². The quantitative estimate of drug-likeness (QED) is 0.817. The molecular formula is C12H12Cl3NO. The monoisotopic (exact) mass is 291 g/mol. The van der Waals surface area contributed by atoms with Gasteiger partial charge in [0.1, 0.15) is 4.33 Å². The van der Waals surface area contributed by atoms with Gasteiger partial charge < -0.3 is 5.32 Å². The zero-order chi connectivity index (χ0) is 12.8. The van der Waals surface area contributed by atoms with Crippen molar-refractivity contribution in [1.29, 1.82) is 0 Å². The molecular weight excluding hydrogens is 280 g/mol. The van der Waals surface area contributed by atoms with Gasteiger partial charge in [-0.25, -0.2) is 0 Å². The molecule has 1 fully saturated rings. The van der Waals surface area contributed by atoms with Crippen LogP contribution >= 0.6 is 34.8 Å². The Bertz CT molecular complexity index is 462. The molecule has 1 aromatic rings. The highest BCUT2D eigenvalue weighted by molar-refractivity contribution is 6.52. The highest BCUT2D eigenvalue weighted by atomic mass is 35.5. The van der Waals surface area contributed by atoms with Gasteiger partial charge in [-0.2, -0.15) is 0 Å². The van der Waals surface area contributed by atoms with Crippen LogP contribution in [0, 0.1) is 19.8 Å². The Morgan fingerprint density at radius 3 is 2.47 bits per heavy atom. The fraction of sp³-hybridized carbons (Fsp3) is 0.417. The van der Waals surface area contributed by atoms with Crippen molar-refractivity contribution in [3.63, 3.8) is 0 Å². The molecule has 0 saturated heterocycles. The van der Waals surface area contributed by atoms with Crippen LogP contribution in [-0.4, -0.2) is 10.2 Å². The molecule has 2 rings (SSSR count). The number of benzene rings is 1. The van der Waals surface area contributed by atoms with E-state index >= 15 is 0 Å². The molecule has 1 aromatic carbocycles. The average Bonchev–Trinajstić information content (AvgIpc) is 2.81. The largest absolute Gasteiger partial charge is 0.324 e. The first-order valence-corrected chi connectivity index (χ1v) is 6.40. The van der Waals surface area contributed by atoms with E-state index in [1.54, 1.807) is 0 Å². The Hall–Kier alpha value is -0.440. The fourth-order valence-electron chi connectivity index (χ4n) is 1.78. The maximum absolute atomic E-state index is 11.8. The zero-order valence-electron chi connectivity index (χ0n) is 9.48. The number of nitrogens with one attached hydrogen (secondary N) is 1. The molecule has 0 spiro atoms. The topological polar surface area (TPSA) is 29.1 Å². The molecule has 1 saturated carbocycles. The van der Waals surface area contributed by atoms with Crippen molar-refractivity contribution >= 4 is 46.4 Å². The number of amides is 1. The molecule has 2 nitrogen and oxygen atoms in total. The molecule has 1 amide bonds. The van der Waals surface area contributed by atoms with Gasteiger partial charge in [-0.05, 0) is 37.5 Å². The van der Waals surface area contributed by atoms with Crippen LogP contribution in [0.5, 0.6) is 0 Å². The third kappa shape index (κ3) is 2.70. The van der Waals surface area contributed by atoms with Crippen molar-refractivity contribution < 1.29 is 4.79 Å². The third-order valence-electron chi connectivity index (χ3n) is 2.82. The summed E-state index contributed by atoms with van der Waals surface area (Å²) in [5.74, 6) is -0.522. The third-order valence-corrected chi connectivity index (χ3v) is 3.96. The molecule has 92 valence electrons. The number of rotatable bonds is 2. The minimum atomic E-state index is -0.908. The Morgan fingerprint density at radius 1 is 1.41 bits per heavy atom. The predicted molar refractivity (Wildman–Crippen MR) is 72.1 cm³/mol. The second-order valence-corrected chi connectivity index (χ2v) is 6.40. The lowest BCUT2D eigenvalue weighted by molar-refractivity contribution is -0.117. The molecule has 1 unspecified atom stereocenters. The summed E-state index contributed by atoms with van der Waals surface area (Å²) in [5.41, 5.74) is 2.62. The molecule has 0 radical (unpaired) electrons. The number of hydrogen-bond acceptors (Lipinski definition) is 1. The lowest BCUT2D eigenvalue weighted by atomic mass is 10.1. The molecule has 0 bridgehead atoms. The second kappa shape index (κ2) is 4.34. The van der Waals surface area contributed by atoms with E-state index < -0.39 is 4.33 Å². The number of hydrogen-bond donors (Lipinski definition) is 1. The van der Waals surface area contributed by atoms with E-state index in [1.165, 1.54) is 0 Å². The van der Waals surface area contributed by atoms with Gasteiger partial charge in [0.25, 0.3) is 0 Å². The molecule has 0 heterocycles. The van der Waals surface area contributed by atoms with Crippen molar-refractivity contribution in [2.75, 3.05) is 5.32 Å². The Kier molecular flexibility index (Phi) is 3.32. The number of carbonyl (C=O) groups excluding carboxylic acids is 1. The van der Waals surface area contributed by atoms with Crippen LogP contribution in [0.2, 0.25) is 5.02 Å². The molecule has 1 aliphatic rings. The summed E-state index contributed by atoms with van der Waals surface area (Å²) in [6, 6.07) is 3.77. The van der Waals surface area contributed by atoms with Crippen LogP contribution in [0.3, 0.4) is 0 Å². The van der Waals surface area contributed by atoms with Crippen LogP contribution < -0.4 is 5.32 Å². The van der Waals surface area contributed by atoms with Crippen LogP contribution in [0.1, 0.15) is 17.5 Å². The smallest absolute Gasteiger partial charge is 0.230 e. The molecule has 1 N–H and O–H groups in total. The van der Waals surface area contributed by atoms with E-state index in [9.17, 15) is 4.79 Å². The normalized spacial score (nSPS) is 21.1. The van der Waals surface area contributed by atoms with Crippen LogP contribution in [0.15, 0.2) is 12.1 Å². The van der Waals surface area contributed by atoms with Crippen LogP contribution in [0.25, 0.3) is 0 Å².